The van der Waals surface area contributed by atoms with E-state index in [0.717, 1.165) is 16.5 Å². The summed E-state index contributed by atoms with van der Waals surface area (Å²) in [6, 6.07) is 14.0. The maximum Gasteiger partial charge on any atom is 0.407 e. The number of hydrazone groups is 1. The molecular weight excluding hydrogens is 416 g/mol. The zero-order valence-corrected chi connectivity index (χ0v) is 18.1. The summed E-state index contributed by atoms with van der Waals surface area (Å²) in [7, 11) is 0. The van der Waals surface area contributed by atoms with E-state index in [2.05, 4.69) is 20.8 Å². The summed E-state index contributed by atoms with van der Waals surface area (Å²) in [5.41, 5.74) is 5.00. The Labute approximate surface area is 185 Å². The molecule has 8 heteroatoms. The van der Waals surface area contributed by atoms with Gasteiger partial charge in [-0.2, -0.15) is 5.10 Å². The van der Waals surface area contributed by atoms with Crippen molar-refractivity contribution < 1.29 is 14.3 Å². The molecular formula is C23H25ClN4O3. The molecule has 3 rings (SSSR count). The molecule has 0 spiro atoms. The lowest BCUT2D eigenvalue weighted by Gasteiger charge is -2.17. The first-order valence-corrected chi connectivity index (χ1v) is 10.4. The number of para-hydroxylation sites is 1. The van der Waals surface area contributed by atoms with Gasteiger partial charge in [0.25, 0.3) is 5.91 Å². The molecule has 3 N–H and O–H groups in total. The Morgan fingerprint density at radius 2 is 1.90 bits per heavy atom. The van der Waals surface area contributed by atoms with Crippen LogP contribution in [-0.4, -0.2) is 35.8 Å². The molecule has 0 aliphatic carbocycles. The predicted octanol–water partition coefficient (Wildman–Crippen LogP) is 4.26. The summed E-state index contributed by atoms with van der Waals surface area (Å²) in [6.45, 7) is 4.14. The highest BCUT2D eigenvalue weighted by atomic mass is 35.5. The van der Waals surface area contributed by atoms with Crippen LogP contribution in [0.25, 0.3) is 10.9 Å². The summed E-state index contributed by atoms with van der Waals surface area (Å²) < 4.78 is 5.19. The van der Waals surface area contributed by atoms with Crippen molar-refractivity contribution in [1.82, 2.24) is 15.7 Å². The van der Waals surface area contributed by atoms with Gasteiger partial charge in [-0.3, -0.25) is 4.79 Å². The highest BCUT2D eigenvalue weighted by Gasteiger charge is 2.23. The lowest BCUT2D eigenvalue weighted by Crippen LogP contribution is -2.47. The van der Waals surface area contributed by atoms with E-state index >= 15 is 0 Å². The van der Waals surface area contributed by atoms with Crippen LogP contribution in [0.3, 0.4) is 0 Å². The number of carbonyl (C=O) groups is 2. The second-order valence-electron chi connectivity index (χ2n) is 7.51. The van der Waals surface area contributed by atoms with Gasteiger partial charge in [-0.05, 0) is 23.6 Å². The van der Waals surface area contributed by atoms with E-state index in [1.807, 2.05) is 56.4 Å². The van der Waals surface area contributed by atoms with Crippen LogP contribution >= 0.6 is 11.6 Å². The molecule has 2 aromatic carbocycles. The fourth-order valence-electron chi connectivity index (χ4n) is 2.98. The largest absolute Gasteiger partial charge is 0.449 e. The number of hydrogen-bond donors (Lipinski definition) is 3. The van der Waals surface area contributed by atoms with E-state index in [9.17, 15) is 9.59 Å². The third kappa shape index (κ3) is 6.33. The van der Waals surface area contributed by atoms with Gasteiger partial charge in [-0.25, -0.2) is 10.2 Å². The summed E-state index contributed by atoms with van der Waals surface area (Å²) in [5.74, 6) is -0.276. The number of carbonyl (C=O) groups excluding carboxylic acids is 2. The smallest absolute Gasteiger partial charge is 0.407 e. The van der Waals surface area contributed by atoms with E-state index < -0.39 is 18.0 Å². The van der Waals surface area contributed by atoms with Gasteiger partial charge < -0.3 is 15.0 Å². The molecule has 0 bridgehead atoms. The number of nitrogens with zero attached hydrogens (tertiary/aromatic N) is 1. The van der Waals surface area contributed by atoms with Gasteiger partial charge in [-0.15, -0.1) is 0 Å². The molecule has 162 valence electrons. The number of ether oxygens (including phenoxy) is 1. The quantitative estimate of drug-likeness (QED) is 0.360. The lowest BCUT2D eigenvalue weighted by atomic mass is 10.0. The van der Waals surface area contributed by atoms with Crippen LogP contribution in [0, 0.1) is 5.92 Å². The average Bonchev–Trinajstić information content (AvgIpc) is 3.16. The zero-order chi connectivity index (χ0) is 22.2. The van der Waals surface area contributed by atoms with Crippen molar-refractivity contribution in [2.75, 3.05) is 6.61 Å². The number of H-pyrrole nitrogens is 1. The van der Waals surface area contributed by atoms with Crippen LogP contribution in [0.15, 0.2) is 59.8 Å². The molecule has 1 atom stereocenters. The minimum Gasteiger partial charge on any atom is -0.449 e. The number of hydrogen-bond acceptors (Lipinski definition) is 4. The van der Waals surface area contributed by atoms with Crippen molar-refractivity contribution in [3.05, 3.63) is 70.9 Å². The fraction of sp³-hybridized carbons (Fsp3) is 0.261. The third-order valence-corrected chi connectivity index (χ3v) is 4.88. The number of alkyl carbamates (subject to hydrolysis) is 1. The summed E-state index contributed by atoms with van der Waals surface area (Å²) >= 11 is 6.10. The monoisotopic (exact) mass is 440 g/mol. The Bertz CT molecular complexity index is 1080. The fourth-order valence-corrected chi connectivity index (χ4v) is 3.16. The maximum absolute atomic E-state index is 12.8. The van der Waals surface area contributed by atoms with Crippen LogP contribution in [0.1, 0.15) is 25.0 Å². The van der Waals surface area contributed by atoms with Gasteiger partial charge in [0.15, 0.2) is 0 Å². The second kappa shape index (κ2) is 10.6. The lowest BCUT2D eigenvalue weighted by molar-refractivity contribution is -0.123. The molecule has 0 saturated carbocycles. The molecule has 0 aliphatic heterocycles. The minimum absolute atomic E-state index is 0.187. The van der Waals surface area contributed by atoms with Gasteiger partial charge >= 0.3 is 6.09 Å². The van der Waals surface area contributed by atoms with Gasteiger partial charge in [0.1, 0.15) is 6.04 Å². The van der Waals surface area contributed by atoms with Crippen LogP contribution in [0.4, 0.5) is 4.79 Å². The number of aromatic nitrogens is 1. The molecule has 0 fully saturated rings. The highest BCUT2D eigenvalue weighted by Crippen LogP contribution is 2.19. The number of aromatic amines is 1. The molecule has 1 aromatic heterocycles. The summed E-state index contributed by atoms with van der Waals surface area (Å²) in [6.07, 6.45) is 2.91. The molecule has 0 radical (unpaired) electrons. The molecule has 0 aliphatic rings. The van der Waals surface area contributed by atoms with Gasteiger partial charge in [0.05, 0.1) is 12.8 Å². The Kier molecular flexibility index (Phi) is 7.67. The number of halogens is 1. The van der Waals surface area contributed by atoms with Crippen LogP contribution in [-0.2, 0) is 16.0 Å². The van der Waals surface area contributed by atoms with Crippen molar-refractivity contribution in [3.63, 3.8) is 0 Å². The van der Waals surface area contributed by atoms with E-state index in [1.165, 1.54) is 6.21 Å². The number of nitrogens with one attached hydrogen (secondary N) is 3. The number of fused-ring (bicyclic) bond motifs is 1. The molecule has 0 saturated heterocycles. The third-order valence-electron chi connectivity index (χ3n) is 4.54. The SMILES string of the molecule is CC(C)COC(=O)N[C@@H](Cc1c[nH]c2ccccc12)C(=O)N/N=C\c1ccccc1Cl. The van der Waals surface area contributed by atoms with Crippen molar-refractivity contribution in [2.24, 2.45) is 11.0 Å². The van der Waals surface area contributed by atoms with Crippen molar-refractivity contribution in [1.29, 1.82) is 0 Å². The van der Waals surface area contributed by atoms with Gasteiger partial charge in [0.2, 0.25) is 0 Å². The van der Waals surface area contributed by atoms with E-state index in [4.69, 9.17) is 16.3 Å². The van der Waals surface area contributed by atoms with Gasteiger partial charge in [0, 0.05) is 34.1 Å². The van der Waals surface area contributed by atoms with Crippen LogP contribution in [0.5, 0.6) is 0 Å². The zero-order valence-electron chi connectivity index (χ0n) is 17.4. The second-order valence-corrected chi connectivity index (χ2v) is 7.92. The van der Waals surface area contributed by atoms with Gasteiger partial charge in [-0.1, -0.05) is 61.8 Å². The van der Waals surface area contributed by atoms with Crippen LogP contribution < -0.4 is 10.7 Å². The summed E-state index contributed by atoms with van der Waals surface area (Å²) in [4.78, 5) is 28.2. The standard InChI is InChI=1S/C23H25ClN4O3/c1-15(2)14-31-23(30)27-21(11-17-12-25-20-10-6-4-8-18(17)20)22(29)28-26-13-16-7-3-5-9-19(16)24/h3-10,12-13,15,21,25H,11,14H2,1-2H3,(H,27,30)(H,28,29)/b26-13-/t21-/m0/s1. The summed E-state index contributed by atoms with van der Waals surface area (Å²) in [5, 5.41) is 8.14. The van der Waals surface area contributed by atoms with E-state index in [1.54, 1.807) is 12.1 Å². The Morgan fingerprint density at radius 1 is 1.16 bits per heavy atom. The first kappa shape index (κ1) is 22.4. The van der Waals surface area contributed by atoms with E-state index in [-0.39, 0.29) is 18.9 Å². The number of benzene rings is 2. The Morgan fingerprint density at radius 3 is 2.68 bits per heavy atom. The number of rotatable bonds is 8. The normalized spacial score (nSPS) is 12.3. The minimum atomic E-state index is -0.873. The number of amides is 2. The molecule has 7 nitrogen and oxygen atoms in total. The molecule has 1 heterocycles. The van der Waals surface area contributed by atoms with Crippen LogP contribution in [0.2, 0.25) is 5.02 Å². The van der Waals surface area contributed by atoms with Crippen molar-refractivity contribution in [2.45, 2.75) is 26.3 Å². The van der Waals surface area contributed by atoms with Crippen molar-refractivity contribution in [3.8, 4) is 0 Å². The first-order chi connectivity index (χ1) is 14.9. The molecule has 0 unspecified atom stereocenters. The van der Waals surface area contributed by atoms with E-state index in [0.29, 0.717) is 10.6 Å². The average molecular weight is 441 g/mol. The molecule has 2 amide bonds. The highest BCUT2D eigenvalue weighted by molar-refractivity contribution is 6.33. The molecule has 31 heavy (non-hydrogen) atoms. The maximum atomic E-state index is 12.8. The first-order valence-electron chi connectivity index (χ1n) is 9.99. The predicted molar refractivity (Wildman–Crippen MR) is 122 cm³/mol. The van der Waals surface area contributed by atoms with Crippen molar-refractivity contribution >= 4 is 40.7 Å². The Hall–Kier alpha value is -3.32. The topological polar surface area (TPSA) is 95.6 Å². The molecule has 3 aromatic rings. The Balaban J connectivity index is 1.73.